The minimum atomic E-state index is -0.118. The fourth-order valence-corrected chi connectivity index (χ4v) is 2.85. The number of rotatable bonds is 3. The molecule has 1 saturated carbocycles. The van der Waals surface area contributed by atoms with E-state index < -0.39 is 0 Å². The van der Waals surface area contributed by atoms with E-state index in [9.17, 15) is 5.11 Å². The van der Waals surface area contributed by atoms with Crippen LogP contribution in [0, 0.1) is 0 Å². The Labute approximate surface area is 113 Å². The van der Waals surface area contributed by atoms with Crippen LogP contribution in [-0.2, 0) is 6.54 Å². The molecular formula is C16H20N2O. The normalized spacial score (nSPS) is 23.6. The van der Waals surface area contributed by atoms with Gasteiger partial charge < -0.3 is 10.4 Å². The largest absolute Gasteiger partial charge is 0.393 e. The van der Waals surface area contributed by atoms with Gasteiger partial charge in [-0.25, -0.2) is 0 Å². The second-order valence-corrected chi connectivity index (χ2v) is 5.43. The van der Waals surface area contributed by atoms with Crippen LogP contribution >= 0.6 is 0 Å². The maximum absolute atomic E-state index is 9.67. The fourth-order valence-electron chi connectivity index (χ4n) is 2.85. The van der Waals surface area contributed by atoms with Gasteiger partial charge in [0.05, 0.1) is 11.6 Å². The smallest absolute Gasteiger partial charge is 0.0702 e. The van der Waals surface area contributed by atoms with Gasteiger partial charge in [0.15, 0.2) is 0 Å². The van der Waals surface area contributed by atoms with Gasteiger partial charge in [-0.3, -0.25) is 4.98 Å². The standard InChI is InChI=1S/C16H20N2O/c19-15-5-1-4-14(10-15)18-11-12-6-7-16-13(9-12)3-2-8-17-16/h2-3,6-9,14-15,18-19H,1,4-5,10-11H2. The molecule has 0 amide bonds. The average molecular weight is 256 g/mol. The number of aromatic nitrogens is 1. The first-order valence-electron chi connectivity index (χ1n) is 7.06. The van der Waals surface area contributed by atoms with Crippen LogP contribution in [0.1, 0.15) is 31.2 Å². The summed E-state index contributed by atoms with van der Waals surface area (Å²) in [6.07, 6.45) is 5.85. The van der Waals surface area contributed by atoms with Crippen LogP contribution < -0.4 is 5.32 Å². The minimum absolute atomic E-state index is 0.118. The zero-order valence-corrected chi connectivity index (χ0v) is 11.0. The van der Waals surface area contributed by atoms with Crippen LogP contribution in [-0.4, -0.2) is 22.2 Å². The van der Waals surface area contributed by atoms with Crippen molar-refractivity contribution in [1.82, 2.24) is 10.3 Å². The average Bonchev–Trinajstić information content (AvgIpc) is 2.45. The molecule has 3 heteroatoms. The predicted octanol–water partition coefficient (Wildman–Crippen LogP) is 2.63. The Bertz CT molecular complexity index is 555. The summed E-state index contributed by atoms with van der Waals surface area (Å²) in [5, 5.41) is 14.4. The number of pyridine rings is 1. The summed E-state index contributed by atoms with van der Waals surface area (Å²) in [5.74, 6) is 0. The summed E-state index contributed by atoms with van der Waals surface area (Å²) >= 11 is 0. The van der Waals surface area contributed by atoms with E-state index >= 15 is 0 Å². The Morgan fingerprint density at radius 1 is 1.26 bits per heavy atom. The molecule has 1 aromatic carbocycles. The maximum Gasteiger partial charge on any atom is 0.0702 e. The summed E-state index contributed by atoms with van der Waals surface area (Å²) in [4.78, 5) is 4.33. The van der Waals surface area contributed by atoms with Crippen LogP contribution in [0.25, 0.3) is 10.9 Å². The molecule has 0 saturated heterocycles. The molecule has 0 radical (unpaired) electrons. The lowest BCUT2D eigenvalue weighted by molar-refractivity contribution is 0.111. The van der Waals surface area contributed by atoms with Gasteiger partial charge in [0.2, 0.25) is 0 Å². The molecule has 0 spiro atoms. The molecule has 2 N–H and O–H groups in total. The van der Waals surface area contributed by atoms with E-state index in [4.69, 9.17) is 0 Å². The van der Waals surface area contributed by atoms with Gasteiger partial charge in [-0.15, -0.1) is 0 Å². The maximum atomic E-state index is 9.67. The summed E-state index contributed by atoms with van der Waals surface area (Å²) in [5.41, 5.74) is 2.32. The summed E-state index contributed by atoms with van der Waals surface area (Å²) in [7, 11) is 0. The molecule has 0 bridgehead atoms. The van der Waals surface area contributed by atoms with Gasteiger partial charge in [0.1, 0.15) is 0 Å². The van der Waals surface area contributed by atoms with Crippen molar-refractivity contribution in [3.63, 3.8) is 0 Å². The third kappa shape index (κ3) is 3.11. The highest BCUT2D eigenvalue weighted by atomic mass is 16.3. The molecule has 100 valence electrons. The molecule has 3 rings (SSSR count). The number of aliphatic hydroxyl groups excluding tert-OH is 1. The molecule has 1 aromatic heterocycles. The van der Waals surface area contributed by atoms with Crippen molar-refractivity contribution in [3.05, 3.63) is 42.1 Å². The third-order valence-electron chi connectivity index (χ3n) is 3.91. The van der Waals surface area contributed by atoms with Crippen LogP contribution in [0.2, 0.25) is 0 Å². The van der Waals surface area contributed by atoms with E-state index in [1.165, 1.54) is 17.4 Å². The monoisotopic (exact) mass is 256 g/mol. The van der Waals surface area contributed by atoms with Gasteiger partial charge in [-0.2, -0.15) is 0 Å². The Kier molecular flexibility index (Phi) is 3.76. The number of nitrogens with one attached hydrogen (secondary N) is 1. The Balaban J connectivity index is 1.64. The highest BCUT2D eigenvalue weighted by Gasteiger charge is 2.19. The molecule has 2 atom stereocenters. The quantitative estimate of drug-likeness (QED) is 0.887. The van der Waals surface area contributed by atoms with Crippen LogP contribution in [0.3, 0.4) is 0 Å². The second kappa shape index (κ2) is 5.68. The molecule has 2 unspecified atom stereocenters. The summed E-state index contributed by atoms with van der Waals surface area (Å²) in [6, 6.07) is 10.9. The molecule has 0 aliphatic heterocycles. The fraction of sp³-hybridized carbons (Fsp3) is 0.438. The van der Waals surface area contributed by atoms with E-state index in [0.29, 0.717) is 6.04 Å². The predicted molar refractivity (Wildman–Crippen MR) is 76.8 cm³/mol. The van der Waals surface area contributed by atoms with Crippen molar-refractivity contribution in [2.75, 3.05) is 0 Å². The van der Waals surface area contributed by atoms with Gasteiger partial charge in [0, 0.05) is 24.2 Å². The molecular weight excluding hydrogens is 236 g/mol. The van der Waals surface area contributed by atoms with Gasteiger partial charge in [-0.1, -0.05) is 12.1 Å². The number of hydrogen-bond donors (Lipinski definition) is 2. The molecule has 1 fully saturated rings. The minimum Gasteiger partial charge on any atom is -0.393 e. The second-order valence-electron chi connectivity index (χ2n) is 5.43. The number of nitrogens with zero attached hydrogens (tertiary/aromatic N) is 1. The highest BCUT2D eigenvalue weighted by molar-refractivity contribution is 5.78. The van der Waals surface area contributed by atoms with Gasteiger partial charge in [0.25, 0.3) is 0 Å². The van der Waals surface area contributed by atoms with E-state index in [1.54, 1.807) is 0 Å². The SMILES string of the molecule is OC1CCCC(NCc2ccc3ncccc3c2)C1. The Hall–Kier alpha value is -1.45. The highest BCUT2D eigenvalue weighted by Crippen LogP contribution is 2.19. The lowest BCUT2D eigenvalue weighted by Gasteiger charge is -2.26. The zero-order chi connectivity index (χ0) is 13.1. The molecule has 1 aliphatic rings. The van der Waals surface area contributed by atoms with E-state index in [-0.39, 0.29) is 6.10 Å². The molecule has 1 aliphatic carbocycles. The van der Waals surface area contributed by atoms with Crippen LogP contribution in [0.5, 0.6) is 0 Å². The summed E-state index contributed by atoms with van der Waals surface area (Å²) in [6.45, 7) is 0.863. The molecule has 2 aromatic rings. The first-order valence-corrected chi connectivity index (χ1v) is 7.06. The van der Waals surface area contributed by atoms with Crippen molar-refractivity contribution in [2.24, 2.45) is 0 Å². The third-order valence-corrected chi connectivity index (χ3v) is 3.91. The lowest BCUT2D eigenvalue weighted by atomic mass is 9.93. The van der Waals surface area contributed by atoms with E-state index in [1.807, 2.05) is 12.3 Å². The van der Waals surface area contributed by atoms with Crippen molar-refractivity contribution in [2.45, 2.75) is 44.4 Å². The first kappa shape index (κ1) is 12.6. The number of fused-ring (bicyclic) bond motifs is 1. The van der Waals surface area contributed by atoms with Crippen molar-refractivity contribution in [1.29, 1.82) is 0 Å². The first-order chi connectivity index (χ1) is 9.31. The van der Waals surface area contributed by atoms with Crippen LogP contribution in [0.15, 0.2) is 36.5 Å². The lowest BCUT2D eigenvalue weighted by Crippen LogP contribution is -2.35. The van der Waals surface area contributed by atoms with Crippen molar-refractivity contribution >= 4 is 10.9 Å². The number of aliphatic hydroxyl groups is 1. The Morgan fingerprint density at radius 2 is 2.21 bits per heavy atom. The van der Waals surface area contributed by atoms with E-state index in [0.717, 1.165) is 31.3 Å². The van der Waals surface area contributed by atoms with Crippen LogP contribution in [0.4, 0.5) is 0 Å². The van der Waals surface area contributed by atoms with E-state index in [2.05, 4.69) is 34.6 Å². The van der Waals surface area contributed by atoms with Crippen molar-refractivity contribution < 1.29 is 5.11 Å². The molecule has 19 heavy (non-hydrogen) atoms. The molecule has 3 nitrogen and oxygen atoms in total. The summed E-state index contributed by atoms with van der Waals surface area (Å²) < 4.78 is 0. The zero-order valence-electron chi connectivity index (χ0n) is 11.0. The van der Waals surface area contributed by atoms with Gasteiger partial charge in [-0.05, 0) is 49.4 Å². The molecule has 1 heterocycles. The Morgan fingerprint density at radius 3 is 3.11 bits per heavy atom. The van der Waals surface area contributed by atoms with Gasteiger partial charge >= 0.3 is 0 Å². The number of hydrogen-bond acceptors (Lipinski definition) is 3. The topological polar surface area (TPSA) is 45.1 Å². The number of benzene rings is 1. The van der Waals surface area contributed by atoms with Crippen molar-refractivity contribution in [3.8, 4) is 0 Å².